The van der Waals surface area contributed by atoms with Crippen molar-refractivity contribution in [3.8, 4) is 0 Å². The number of halogens is 1. The molecule has 184 valence electrons. The zero-order valence-electron chi connectivity index (χ0n) is 20.5. The minimum Gasteiger partial charge on any atom is -0.354 e. The lowest BCUT2D eigenvalue weighted by Gasteiger charge is -2.32. The van der Waals surface area contributed by atoms with Crippen LogP contribution in [-0.2, 0) is 22.6 Å². The van der Waals surface area contributed by atoms with Gasteiger partial charge < -0.3 is 10.2 Å². The molecule has 1 N–H and O–H groups in total. The largest absolute Gasteiger partial charge is 0.354 e. The van der Waals surface area contributed by atoms with E-state index in [0.29, 0.717) is 30.5 Å². The first-order valence-electron chi connectivity index (χ1n) is 11.9. The summed E-state index contributed by atoms with van der Waals surface area (Å²) in [5, 5.41) is 3.69. The Hall–Kier alpha value is -2.76. The van der Waals surface area contributed by atoms with Gasteiger partial charge in [0.25, 0.3) is 0 Å². The molecule has 35 heavy (non-hydrogen) atoms. The van der Waals surface area contributed by atoms with Crippen molar-refractivity contribution in [2.45, 2.75) is 44.7 Å². The summed E-state index contributed by atoms with van der Waals surface area (Å²) in [7, 11) is 0. The Morgan fingerprint density at radius 3 is 2.20 bits per heavy atom. The van der Waals surface area contributed by atoms with E-state index in [9.17, 15) is 9.59 Å². The predicted molar refractivity (Wildman–Crippen MR) is 146 cm³/mol. The fourth-order valence-electron chi connectivity index (χ4n) is 3.63. The van der Waals surface area contributed by atoms with Crippen LogP contribution >= 0.6 is 23.4 Å². The van der Waals surface area contributed by atoms with Crippen molar-refractivity contribution in [2.24, 2.45) is 5.92 Å². The molecule has 0 unspecified atom stereocenters. The Morgan fingerprint density at radius 2 is 1.57 bits per heavy atom. The van der Waals surface area contributed by atoms with Crippen LogP contribution in [0.4, 0.5) is 0 Å². The first-order chi connectivity index (χ1) is 16.8. The van der Waals surface area contributed by atoms with Crippen LogP contribution in [0.25, 0.3) is 0 Å². The topological polar surface area (TPSA) is 49.4 Å². The molecule has 0 bridgehead atoms. The van der Waals surface area contributed by atoms with Gasteiger partial charge in [-0.3, -0.25) is 9.59 Å². The SMILES string of the molecule is Cc1ccc(SCC(=O)N(Cc2ccc(Cl)cc2)[C@H](Cc2ccccc2)C(=O)NCC(C)C)cc1. The summed E-state index contributed by atoms with van der Waals surface area (Å²) in [6.07, 6.45) is 0.444. The lowest BCUT2D eigenvalue weighted by molar-refractivity contribution is -0.139. The molecule has 6 heteroatoms. The standard InChI is InChI=1S/C29H33ClN2O2S/c1-21(2)18-31-29(34)27(17-23-7-5-4-6-8-23)32(19-24-11-13-25(30)14-12-24)28(33)20-35-26-15-9-22(3)10-16-26/h4-16,21,27H,17-20H2,1-3H3,(H,31,34)/t27-/m1/s1. The average molecular weight is 509 g/mol. The van der Waals surface area contributed by atoms with E-state index in [0.717, 1.165) is 16.0 Å². The lowest BCUT2D eigenvalue weighted by atomic mass is 10.0. The molecule has 0 heterocycles. The van der Waals surface area contributed by atoms with Crippen molar-refractivity contribution in [3.05, 3.63) is 101 Å². The van der Waals surface area contributed by atoms with Gasteiger partial charge in [0.15, 0.2) is 0 Å². The summed E-state index contributed by atoms with van der Waals surface area (Å²) >= 11 is 7.57. The van der Waals surface area contributed by atoms with Crippen LogP contribution < -0.4 is 5.32 Å². The molecule has 0 aliphatic rings. The maximum absolute atomic E-state index is 13.6. The highest BCUT2D eigenvalue weighted by atomic mass is 35.5. The highest BCUT2D eigenvalue weighted by Gasteiger charge is 2.30. The van der Waals surface area contributed by atoms with Crippen molar-refractivity contribution < 1.29 is 9.59 Å². The molecule has 3 aromatic carbocycles. The van der Waals surface area contributed by atoms with Crippen LogP contribution in [0, 0.1) is 12.8 Å². The number of hydrogen-bond acceptors (Lipinski definition) is 3. The van der Waals surface area contributed by atoms with Crippen LogP contribution in [0.1, 0.15) is 30.5 Å². The van der Waals surface area contributed by atoms with E-state index in [2.05, 4.69) is 19.2 Å². The Bertz CT molecular complexity index is 1090. The number of benzene rings is 3. The Labute approximate surface area is 218 Å². The van der Waals surface area contributed by atoms with Gasteiger partial charge in [0.1, 0.15) is 6.04 Å². The molecule has 0 aromatic heterocycles. The van der Waals surface area contributed by atoms with Crippen LogP contribution in [0.5, 0.6) is 0 Å². The summed E-state index contributed by atoms with van der Waals surface area (Å²) < 4.78 is 0. The van der Waals surface area contributed by atoms with Gasteiger partial charge in [-0.05, 0) is 48.2 Å². The molecule has 1 atom stereocenters. The number of carbonyl (C=O) groups is 2. The summed E-state index contributed by atoms with van der Waals surface area (Å²) in [6.45, 7) is 7.04. The summed E-state index contributed by atoms with van der Waals surface area (Å²) in [4.78, 5) is 29.8. The maximum atomic E-state index is 13.6. The Morgan fingerprint density at radius 1 is 0.914 bits per heavy atom. The van der Waals surface area contributed by atoms with Gasteiger partial charge in [-0.2, -0.15) is 0 Å². The van der Waals surface area contributed by atoms with E-state index >= 15 is 0 Å². The second-order valence-electron chi connectivity index (χ2n) is 9.09. The van der Waals surface area contributed by atoms with E-state index in [-0.39, 0.29) is 17.6 Å². The smallest absolute Gasteiger partial charge is 0.243 e. The molecule has 0 saturated heterocycles. The van der Waals surface area contributed by atoms with Crippen LogP contribution in [0.3, 0.4) is 0 Å². The van der Waals surface area contributed by atoms with E-state index in [1.807, 2.05) is 85.8 Å². The second-order valence-corrected chi connectivity index (χ2v) is 10.6. The van der Waals surface area contributed by atoms with Crippen molar-refractivity contribution in [1.29, 1.82) is 0 Å². The fourth-order valence-corrected chi connectivity index (χ4v) is 4.54. The number of amides is 2. The van der Waals surface area contributed by atoms with Gasteiger partial charge in [0.05, 0.1) is 5.75 Å². The molecule has 4 nitrogen and oxygen atoms in total. The molecule has 2 amide bonds. The third kappa shape index (κ3) is 8.75. The zero-order chi connectivity index (χ0) is 25.2. The van der Waals surface area contributed by atoms with Crippen molar-refractivity contribution >= 4 is 35.2 Å². The lowest BCUT2D eigenvalue weighted by Crippen LogP contribution is -2.51. The van der Waals surface area contributed by atoms with E-state index in [4.69, 9.17) is 11.6 Å². The normalized spacial score (nSPS) is 11.8. The quantitative estimate of drug-likeness (QED) is 0.316. The number of rotatable bonds is 11. The first kappa shape index (κ1) is 26.8. The number of thioether (sulfide) groups is 1. The van der Waals surface area contributed by atoms with Crippen molar-refractivity contribution in [1.82, 2.24) is 10.2 Å². The Kier molecular flexibility index (Phi) is 10.2. The van der Waals surface area contributed by atoms with Crippen LogP contribution in [0.2, 0.25) is 5.02 Å². The number of nitrogens with one attached hydrogen (secondary N) is 1. The van der Waals surface area contributed by atoms with Crippen molar-refractivity contribution in [2.75, 3.05) is 12.3 Å². The molecule has 0 saturated carbocycles. The number of aryl methyl sites for hydroxylation is 1. The minimum atomic E-state index is -0.627. The van der Waals surface area contributed by atoms with E-state index in [1.54, 1.807) is 4.90 Å². The van der Waals surface area contributed by atoms with Gasteiger partial charge in [0, 0.05) is 29.4 Å². The third-order valence-corrected chi connectivity index (χ3v) is 6.85. The van der Waals surface area contributed by atoms with E-state index < -0.39 is 6.04 Å². The zero-order valence-corrected chi connectivity index (χ0v) is 22.1. The molecule has 3 aromatic rings. The second kappa shape index (κ2) is 13.4. The molecule has 0 spiro atoms. The fraction of sp³-hybridized carbons (Fsp3) is 0.310. The maximum Gasteiger partial charge on any atom is 0.243 e. The first-order valence-corrected chi connectivity index (χ1v) is 13.2. The Balaban J connectivity index is 1.88. The minimum absolute atomic E-state index is 0.0776. The van der Waals surface area contributed by atoms with E-state index in [1.165, 1.54) is 17.3 Å². The highest BCUT2D eigenvalue weighted by molar-refractivity contribution is 8.00. The predicted octanol–water partition coefficient (Wildman–Crippen LogP) is 6.15. The average Bonchev–Trinajstić information content (AvgIpc) is 2.86. The number of carbonyl (C=O) groups excluding carboxylic acids is 2. The van der Waals surface area contributed by atoms with Gasteiger partial charge in [-0.1, -0.05) is 85.6 Å². The van der Waals surface area contributed by atoms with Crippen molar-refractivity contribution in [3.63, 3.8) is 0 Å². The molecule has 0 radical (unpaired) electrons. The molecular weight excluding hydrogens is 476 g/mol. The molecule has 3 rings (SSSR count). The van der Waals surface area contributed by atoms with Gasteiger partial charge in [-0.15, -0.1) is 11.8 Å². The molecule has 0 fully saturated rings. The molecule has 0 aliphatic heterocycles. The summed E-state index contributed by atoms with van der Waals surface area (Å²) in [5.74, 6) is 0.351. The van der Waals surface area contributed by atoms with Crippen LogP contribution in [-0.4, -0.2) is 35.1 Å². The van der Waals surface area contributed by atoms with Crippen LogP contribution in [0.15, 0.2) is 83.8 Å². The number of hydrogen-bond donors (Lipinski definition) is 1. The molecule has 0 aliphatic carbocycles. The number of nitrogens with zero attached hydrogens (tertiary/aromatic N) is 1. The monoisotopic (exact) mass is 508 g/mol. The van der Waals surface area contributed by atoms with Gasteiger partial charge in [0.2, 0.25) is 11.8 Å². The van der Waals surface area contributed by atoms with Gasteiger partial charge in [-0.25, -0.2) is 0 Å². The molecular formula is C29H33ClN2O2S. The third-order valence-electron chi connectivity index (χ3n) is 5.61. The van der Waals surface area contributed by atoms with Gasteiger partial charge >= 0.3 is 0 Å². The highest BCUT2D eigenvalue weighted by Crippen LogP contribution is 2.22. The summed E-state index contributed by atoms with van der Waals surface area (Å²) in [5.41, 5.74) is 3.12. The summed E-state index contributed by atoms with van der Waals surface area (Å²) in [6, 6.07) is 24.8.